The third-order valence-electron chi connectivity index (χ3n) is 1.96. The fourth-order valence-corrected chi connectivity index (χ4v) is 1.37. The molecule has 0 saturated carbocycles. The van der Waals surface area contributed by atoms with E-state index in [9.17, 15) is 0 Å². The molecule has 2 rings (SSSR count). The van der Waals surface area contributed by atoms with E-state index in [0.717, 1.165) is 25.5 Å². The molecule has 2 heterocycles. The number of aryl methyl sites for hydroxylation is 1. The van der Waals surface area contributed by atoms with Crippen molar-refractivity contribution in [1.82, 2.24) is 14.9 Å². The molecule has 1 N–H and O–H groups in total. The average Bonchev–Trinajstić information content (AvgIpc) is 2.34. The second-order valence-electron chi connectivity index (χ2n) is 2.63. The molecular weight excluding hydrogens is 197 g/mol. The lowest BCUT2D eigenvalue weighted by Crippen LogP contribution is -2.28. The van der Waals surface area contributed by atoms with Crippen LogP contribution in [-0.4, -0.2) is 16.1 Å². The van der Waals surface area contributed by atoms with Gasteiger partial charge in [-0.2, -0.15) is 0 Å². The van der Waals surface area contributed by atoms with Crippen molar-refractivity contribution >= 4 is 24.8 Å². The summed E-state index contributed by atoms with van der Waals surface area (Å²) in [4.78, 5) is 4.22. The molecule has 0 spiro atoms. The third-order valence-corrected chi connectivity index (χ3v) is 1.96. The highest BCUT2D eigenvalue weighted by atomic mass is 35.5. The van der Waals surface area contributed by atoms with Crippen LogP contribution in [0.5, 0.6) is 0 Å². The SMILES string of the molecule is Cc1ncc2n1CCNC2.Cl.Cl. The summed E-state index contributed by atoms with van der Waals surface area (Å²) in [6, 6.07) is 0. The maximum absolute atomic E-state index is 4.22. The summed E-state index contributed by atoms with van der Waals surface area (Å²) in [6.45, 7) is 5.17. The van der Waals surface area contributed by atoms with Crippen LogP contribution in [0.3, 0.4) is 0 Å². The highest BCUT2D eigenvalue weighted by Crippen LogP contribution is 2.06. The Bertz CT molecular complexity index is 247. The summed E-state index contributed by atoms with van der Waals surface area (Å²) in [5.74, 6) is 1.14. The second kappa shape index (κ2) is 4.70. The molecule has 70 valence electrons. The first-order valence-corrected chi connectivity index (χ1v) is 3.59. The van der Waals surface area contributed by atoms with Gasteiger partial charge in [0.05, 0.1) is 5.69 Å². The topological polar surface area (TPSA) is 29.9 Å². The molecule has 1 aromatic rings. The van der Waals surface area contributed by atoms with E-state index in [0.29, 0.717) is 0 Å². The lowest BCUT2D eigenvalue weighted by Gasteiger charge is -2.16. The van der Waals surface area contributed by atoms with Crippen LogP contribution < -0.4 is 5.32 Å². The third kappa shape index (κ3) is 1.91. The molecule has 1 aliphatic heterocycles. The highest BCUT2D eigenvalue weighted by molar-refractivity contribution is 5.85. The summed E-state index contributed by atoms with van der Waals surface area (Å²) in [7, 11) is 0. The fourth-order valence-electron chi connectivity index (χ4n) is 1.37. The first-order valence-electron chi connectivity index (χ1n) is 3.59. The number of aromatic nitrogens is 2. The average molecular weight is 210 g/mol. The number of imidazole rings is 1. The Hall–Kier alpha value is -0.250. The van der Waals surface area contributed by atoms with Gasteiger partial charge < -0.3 is 9.88 Å². The molecule has 12 heavy (non-hydrogen) atoms. The minimum Gasteiger partial charge on any atom is -0.330 e. The summed E-state index contributed by atoms with van der Waals surface area (Å²) in [5, 5.41) is 3.29. The minimum atomic E-state index is 0. The van der Waals surface area contributed by atoms with Crippen molar-refractivity contribution in [3.05, 3.63) is 17.7 Å². The molecule has 0 amide bonds. The van der Waals surface area contributed by atoms with Gasteiger partial charge in [0.15, 0.2) is 0 Å². The van der Waals surface area contributed by atoms with Crippen molar-refractivity contribution in [2.45, 2.75) is 20.0 Å². The Balaban J connectivity index is 0.000000605. The Morgan fingerprint density at radius 3 is 2.92 bits per heavy atom. The molecule has 0 bridgehead atoms. The van der Waals surface area contributed by atoms with Crippen molar-refractivity contribution in [3.63, 3.8) is 0 Å². The van der Waals surface area contributed by atoms with Crippen LogP contribution in [0.4, 0.5) is 0 Å². The van der Waals surface area contributed by atoms with E-state index < -0.39 is 0 Å². The van der Waals surface area contributed by atoms with E-state index in [4.69, 9.17) is 0 Å². The molecule has 0 fully saturated rings. The molecular formula is C7H13Cl2N3. The van der Waals surface area contributed by atoms with Crippen LogP contribution in [0.15, 0.2) is 6.20 Å². The monoisotopic (exact) mass is 209 g/mol. The van der Waals surface area contributed by atoms with Gasteiger partial charge in [-0.25, -0.2) is 4.98 Å². The Morgan fingerprint density at radius 2 is 2.25 bits per heavy atom. The van der Waals surface area contributed by atoms with Gasteiger partial charge in [-0.1, -0.05) is 0 Å². The van der Waals surface area contributed by atoms with Crippen molar-refractivity contribution in [2.24, 2.45) is 0 Å². The van der Waals surface area contributed by atoms with Crippen LogP contribution in [0, 0.1) is 6.92 Å². The molecule has 3 nitrogen and oxygen atoms in total. The number of rotatable bonds is 0. The van der Waals surface area contributed by atoms with E-state index in [1.165, 1.54) is 5.69 Å². The molecule has 1 aromatic heterocycles. The number of fused-ring (bicyclic) bond motifs is 1. The normalized spacial score (nSPS) is 14.1. The summed E-state index contributed by atoms with van der Waals surface area (Å²) >= 11 is 0. The van der Waals surface area contributed by atoms with Crippen LogP contribution in [0.1, 0.15) is 11.5 Å². The van der Waals surface area contributed by atoms with Gasteiger partial charge in [0.2, 0.25) is 0 Å². The molecule has 0 saturated heterocycles. The molecule has 0 aromatic carbocycles. The highest BCUT2D eigenvalue weighted by Gasteiger charge is 2.09. The molecule has 0 radical (unpaired) electrons. The van der Waals surface area contributed by atoms with Gasteiger partial charge in [-0.05, 0) is 6.92 Å². The molecule has 0 unspecified atom stereocenters. The van der Waals surface area contributed by atoms with E-state index in [2.05, 4.69) is 21.8 Å². The lowest BCUT2D eigenvalue weighted by atomic mass is 10.3. The standard InChI is InChI=1S/C7H11N3.2ClH/c1-6-9-5-7-4-8-2-3-10(6)7;;/h5,8H,2-4H2,1H3;2*1H. The number of nitrogens with zero attached hydrogens (tertiary/aromatic N) is 2. The fraction of sp³-hybridized carbons (Fsp3) is 0.571. The zero-order chi connectivity index (χ0) is 6.97. The van der Waals surface area contributed by atoms with Gasteiger partial charge in [0.1, 0.15) is 5.82 Å². The van der Waals surface area contributed by atoms with Crippen LogP contribution in [0.25, 0.3) is 0 Å². The number of hydrogen-bond acceptors (Lipinski definition) is 2. The van der Waals surface area contributed by atoms with Crippen molar-refractivity contribution in [3.8, 4) is 0 Å². The van der Waals surface area contributed by atoms with E-state index in [1.807, 2.05) is 6.20 Å². The van der Waals surface area contributed by atoms with E-state index in [1.54, 1.807) is 0 Å². The molecule has 0 atom stereocenters. The second-order valence-corrected chi connectivity index (χ2v) is 2.63. The van der Waals surface area contributed by atoms with Crippen LogP contribution in [0.2, 0.25) is 0 Å². The molecule has 0 aliphatic carbocycles. The van der Waals surface area contributed by atoms with Crippen LogP contribution >= 0.6 is 24.8 Å². The van der Waals surface area contributed by atoms with Gasteiger partial charge >= 0.3 is 0 Å². The van der Waals surface area contributed by atoms with Crippen molar-refractivity contribution in [1.29, 1.82) is 0 Å². The predicted molar refractivity (Wildman–Crippen MR) is 53.2 cm³/mol. The minimum absolute atomic E-state index is 0. The van der Waals surface area contributed by atoms with Gasteiger partial charge in [-0.15, -0.1) is 24.8 Å². The Labute approximate surface area is 84.4 Å². The van der Waals surface area contributed by atoms with Crippen molar-refractivity contribution in [2.75, 3.05) is 6.54 Å². The zero-order valence-electron chi connectivity index (χ0n) is 6.91. The Morgan fingerprint density at radius 1 is 1.50 bits per heavy atom. The van der Waals surface area contributed by atoms with Gasteiger partial charge in [-0.3, -0.25) is 0 Å². The first kappa shape index (κ1) is 11.8. The predicted octanol–water partition coefficient (Wildman–Crippen LogP) is 1.14. The van der Waals surface area contributed by atoms with Crippen molar-refractivity contribution < 1.29 is 0 Å². The summed E-state index contributed by atoms with van der Waals surface area (Å²) in [6.07, 6.45) is 1.95. The smallest absolute Gasteiger partial charge is 0.105 e. The Kier molecular flexibility index (Phi) is 4.60. The quantitative estimate of drug-likeness (QED) is 0.695. The summed E-state index contributed by atoms with van der Waals surface area (Å²) in [5.41, 5.74) is 1.31. The van der Waals surface area contributed by atoms with Gasteiger partial charge in [0, 0.05) is 25.8 Å². The largest absolute Gasteiger partial charge is 0.330 e. The maximum Gasteiger partial charge on any atom is 0.105 e. The molecule has 5 heteroatoms. The number of halogens is 2. The molecule has 1 aliphatic rings. The first-order chi connectivity index (χ1) is 4.88. The summed E-state index contributed by atoms with van der Waals surface area (Å²) < 4.78 is 2.26. The maximum atomic E-state index is 4.22. The van der Waals surface area contributed by atoms with Crippen LogP contribution in [-0.2, 0) is 13.1 Å². The van der Waals surface area contributed by atoms with Gasteiger partial charge in [0.25, 0.3) is 0 Å². The number of hydrogen-bond donors (Lipinski definition) is 1. The zero-order valence-corrected chi connectivity index (χ0v) is 8.54. The van der Waals surface area contributed by atoms with E-state index >= 15 is 0 Å². The van der Waals surface area contributed by atoms with E-state index in [-0.39, 0.29) is 24.8 Å². The number of nitrogens with one attached hydrogen (secondary N) is 1. The lowest BCUT2D eigenvalue weighted by molar-refractivity contribution is 0.507.